The van der Waals surface area contributed by atoms with Gasteiger partial charge < -0.3 is 71.3 Å². The molecule has 28 heteroatoms. The highest BCUT2D eigenvalue weighted by molar-refractivity contribution is 5.84. The Hall–Kier alpha value is -14.8. The van der Waals surface area contributed by atoms with Crippen molar-refractivity contribution in [2.24, 2.45) is 35.1 Å². The number of H-pyrrole nitrogens is 6. The number of carbonyl (C=O) groups is 4. The van der Waals surface area contributed by atoms with Crippen LogP contribution >= 0.6 is 0 Å². The van der Waals surface area contributed by atoms with Gasteiger partial charge in [-0.25, -0.2) is 39.5 Å². The van der Waals surface area contributed by atoms with Gasteiger partial charge in [-0.05, 0) is 179 Å². The fraction of sp³-hybridized carbons (Fsp3) is 0.390. The fourth-order valence-corrected chi connectivity index (χ4v) is 19.6. The first-order valence-electron chi connectivity index (χ1n) is 51.9. The van der Waals surface area contributed by atoms with Crippen molar-refractivity contribution < 1.29 is 47.8 Å². The predicted octanol–water partition coefficient (Wildman–Crippen LogP) is 24.3. The molecule has 762 valence electrons. The highest BCUT2D eigenvalue weighted by atomic mass is 16.6. The second kappa shape index (κ2) is 53.7. The zero-order valence-electron chi connectivity index (χ0n) is 85.2. The third-order valence-electron chi connectivity index (χ3n) is 28.2. The maximum Gasteiger partial charge on any atom is 0.407 e. The van der Waals surface area contributed by atoms with Crippen LogP contribution in [0, 0.1) is 23.7 Å². The number of rotatable bonds is 27. The van der Waals surface area contributed by atoms with Gasteiger partial charge in [0.2, 0.25) is 11.8 Å². The van der Waals surface area contributed by atoms with Crippen molar-refractivity contribution in [3.8, 4) is 101 Å². The normalized spacial score (nSPS) is 16.0. The zero-order chi connectivity index (χ0) is 103. The minimum Gasteiger partial charge on any atom is -0.445 e. The van der Waals surface area contributed by atoms with Gasteiger partial charge in [0.15, 0.2) is 0 Å². The molecule has 28 nitrogen and oxygen atoms in total. The lowest BCUT2D eigenvalue weighted by Crippen LogP contribution is -2.46. The summed E-state index contributed by atoms with van der Waals surface area (Å²) in [7, 11) is 0. The summed E-state index contributed by atoms with van der Waals surface area (Å²) >= 11 is 0. The van der Waals surface area contributed by atoms with Crippen molar-refractivity contribution >= 4 is 36.3 Å². The summed E-state index contributed by atoms with van der Waals surface area (Å²) in [5.41, 5.74) is 34.6. The zero-order valence-corrected chi connectivity index (χ0v) is 85.2. The Labute approximate surface area is 856 Å². The first-order valence-corrected chi connectivity index (χ1v) is 51.9. The predicted molar refractivity (Wildman–Crippen MR) is 568 cm³/mol. The van der Waals surface area contributed by atoms with Crippen molar-refractivity contribution in [3.63, 3.8) is 0 Å². The number of hydrogen-bond donors (Lipinski definition) is 10. The molecule has 0 radical (unpaired) electrons. The van der Waals surface area contributed by atoms with Crippen LogP contribution in [0.3, 0.4) is 0 Å². The van der Waals surface area contributed by atoms with E-state index in [0.717, 1.165) is 152 Å². The molecule has 6 fully saturated rings. The number of likely N-dealkylation sites (tertiary alicyclic amines) is 2. The average molecular weight is 1970 g/mol. The molecule has 6 aliphatic rings. The van der Waals surface area contributed by atoms with Crippen LogP contribution in [-0.4, -0.2) is 144 Å². The summed E-state index contributed by atoms with van der Waals surface area (Å²) in [5, 5.41) is 5.38. The van der Waals surface area contributed by atoms with E-state index in [-0.39, 0.29) is 60.2 Å². The van der Waals surface area contributed by atoms with Crippen LogP contribution in [0.2, 0.25) is 0 Å². The van der Waals surface area contributed by atoms with Gasteiger partial charge in [-0.1, -0.05) is 313 Å². The first-order chi connectivity index (χ1) is 71.0. The van der Waals surface area contributed by atoms with Gasteiger partial charge in [-0.3, -0.25) is 9.59 Å². The number of aromatic amines is 6. The molecule has 8 heterocycles. The number of nitrogens with two attached hydrogens (primary N) is 2. The summed E-state index contributed by atoms with van der Waals surface area (Å²) in [6, 6.07) is 70.2. The lowest BCUT2D eigenvalue weighted by molar-refractivity contribution is -0.193. The van der Waals surface area contributed by atoms with Crippen molar-refractivity contribution in [3.05, 3.63) is 290 Å². The number of carbonyl (C=O) groups excluding carboxylic acids is 8. The van der Waals surface area contributed by atoms with E-state index in [0.29, 0.717) is 61.8 Å². The minimum atomic E-state index is -0.476. The molecule has 0 unspecified atom stereocenters. The van der Waals surface area contributed by atoms with Gasteiger partial charge in [0.1, 0.15) is 48.2 Å². The third kappa shape index (κ3) is 29.7. The number of nitrogens with zero attached hydrogens (tertiary/aromatic N) is 8. The first kappa shape index (κ1) is 107. The van der Waals surface area contributed by atoms with Gasteiger partial charge >= 0.3 is 24.5 Å². The van der Waals surface area contributed by atoms with Crippen molar-refractivity contribution in [2.75, 3.05) is 26.2 Å². The van der Waals surface area contributed by atoms with Crippen LogP contribution in [-0.2, 0) is 51.5 Å². The average Bonchev–Trinajstić information content (AvgIpc) is 1.65. The van der Waals surface area contributed by atoms with Gasteiger partial charge in [0.05, 0.1) is 95.5 Å². The van der Waals surface area contributed by atoms with Gasteiger partial charge in [0, 0.05) is 49.9 Å². The van der Waals surface area contributed by atoms with E-state index >= 15 is 0 Å². The van der Waals surface area contributed by atoms with E-state index in [9.17, 15) is 19.2 Å². The molecule has 2 aliphatic heterocycles. The Morgan fingerprint density at radius 3 is 0.726 bits per heavy atom. The molecule has 12 N–H and O–H groups in total. The Morgan fingerprint density at radius 1 is 0.308 bits per heavy atom. The number of amides is 4. The third-order valence-corrected chi connectivity index (χ3v) is 28.2. The van der Waals surface area contributed by atoms with Crippen LogP contribution in [0.5, 0.6) is 0 Å². The van der Waals surface area contributed by atoms with Crippen LogP contribution in [0.15, 0.2) is 243 Å². The van der Waals surface area contributed by atoms with E-state index in [1.807, 2.05) is 163 Å². The number of hydrogen-bond acceptors (Lipinski definition) is 18. The summed E-state index contributed by atoms with van der Waals surface area (Å²) in [6.07, 6.45) is 35.8. The monoisotopic (exact) mass is 1970 g/mol. The van der Waals surface area contributed by atoms with E-state index in [4.69, 9.17) is 40.1 Å². The summed E-state index contributed by atoms with van der Waals surface area (Å²) in [6.45, 7) is 19.5. The molecule has 4 amide bonds. The van der Waals surface area contributed by atoms with Crippen molar-refractivity contribution in [1.82, 2.24) is 80.2 Å². The van der Waals surface area contributed by atoms with Crippen LogP contribution in [0.4, 0.5) is 9.59 Å². The molecule has 8 aromatic carbocycles. The van der Waals surface area contributed by atoms with Crippen molar-refractivity contribution in [1.29, 1.82) is 0 Å². The van der Waals surface area contributed by atoms with E-state index in [2.05, 4.69) is 216 Å². The summed E-state index contributed by atoms with van der Waals surface area (Å²) in [5.74, 6) is 9.80. The Balaban J connectivity index is 0.000000149. The molecule has 2 saturated heterocycles. The van der Waals surface area contributed by atoms with Crippen LogP contribution < -0.4 is 22.1 Å². The highest BCUT2D eigenvalue weighted by Gasteiger charge is 2.38. The van der Waals surface area contributed by atoms with Crippen molar-refractivity contribution in [2.45, 2.75) is 245 Å². The molecular weight excluding hydrogens is 1830 g/mol. The molecule has 14 aromatic rings. The quantitative estimate of drug-likeness (QED) is 0.0229. The standard InChI is InChI=1S/2C32H38N6O.C28H30N4.2C12H17NO2.2CO2/c2*1-20(2)29(33)32(39)38-17-5-8-28(38)31-35-19-27(37-31)24-15-11-22(12-16-24)21-9-13-23(14-10-21)26-18-34-30(36-26)25-6-3-4-7-25;1-2-6-23(5-1)27-29-17-25(31-27)21-13-9-19(10-14-21)20-11-15-22(16-12-20)26-18-30-28(32-26)24-7-3-4-8-24;2*1-10(2)8-13-12(14)15-9-11-6-4-3-5-7-11;2*2-1-3/h2*9-16,18-20,25,28-29H,3-8,17,33H2,1-2H3,(H,34,36)(H,35,37);9-18,23-24H,1-8H2,(H,29,31)(H,30,32);2*3-7,10H,8-9H2,1-2H3,(H,13,14);;/t28-,29+;28-,29-;;;;;/m00...../s1. The Bertz CT molecular complexity index is 6060. The van der Waals surface area contributed by atoms with Gasteiger partial charge in [-0.15, -0.1) is 0 Å². The molecule has 20 rings (SSSR count). The SMILES string of the molecule is CC(C)CNC(=O)OCc1ccccc1.CC(C)CNC(=O)OCc1ccccc1.CC(C)[C@@H](N)C(=O)N1CCC[C@H]1c1ncc(-c2ccc(-c3ccc(-c4cnc(C5CCCC5)[nH]4)cc3)cc2)[nH]1.CC(C)[C@H](N)C(=O)N1CCC[C@H]1c1ncc(-c2ccc(-c3ccc(-c4cnc(C5CCCC5)[nH]4)cc3)cc2)[nH]1.O=C=O.O=C=O.c1cc(-c2cnc(C3CCCC3)[nH]2)ccc1-c1ccc(-c2cnc(C3CCCC3)[nH]2)cc1. The van der Waals surface area contributed by atoms with E-state index in [1.54, 1.807) is 0 Å². The summed E-state index contributed by atoms with van der Waals surface area (Å²) < 4.78 is 10.1. The smallest absolute Gasteiger partial charge is 0.407 e. The largest absolute Gasteiger partial charge is 0.445 e. The maximum absolute atomic E-state index is 12.9. The molecule has 6 aromatic heterocycles. The Kier molecular flexibility index (Phi) is 39.3. The van der Waals surface area contributed by atoms with Gasteiger partial charge in [-0.2, -0.15) is 19.2 Å². The molecule has 0 spiro atoms. The lowest BCUT2D eigenvalue weighted by Gasteiger charge is -2.27. The van der Waals surface area contributed by atoms with E-state index < -0.39 is 12.1 Å². The van der Waals surface area contributed by atoms with Crippen LogP contribution in [0.25, 0.3) is 101 Å². The number of ether oxygens (including phenoxy) is 2. The lowest BCUT2D eigenvalue weighted by atomic mass is 10.0. The number of alkyl carbamates (subject to hydrolysis) is 2. The molecular formula is C118H140N18O10. The second-order valence-corrected chi connectivity index (χ2v) is 40.2. The number of benzene rings is 8. The van der Waals surface area contributed by atoms with E-state index in [1.165, 1.54) is 136 Å². The number of nitrogens with one attached hydrogen (secondary N) is 8. The van der Waals surface area contributed by atoms with Crippen LogP contribution in [0.1, 0.15) is 266 Å². The molecule has 146 heavy (non-hydrogen) atoms. The topological polar surface area (TPSA) is 410 Å². The molecule has 4 aliphatic carbocycles. The fourth-order valence-electron chi connectivity index (χ4n) is 19.6. The minimum absolute atomic E-state index is 0.0163. The maximum atomic E-state index is 12.9. The molecule has 4 saturated carbocycles. The van der Waals surface area contributed by atoms with Gasteiger partial charge in [0.25, 0.3) is 0 Å². The second-order valence-electron chi connectivity index (χ2n) is 40.2. The Morgan fingerprint density at radius 2 is 0.514 bits per heavy atom. The number of imidazole rings is 6. The summed E-state index contributed by atoms with van der Waals surface area (Å²) in [4.78, 5) is 134. The molecule has 4 atom stereocenters. The number of aromatic nitrogens is 12. The molecule has 0 bridgehead atoms. The highest BCUT2D eigenvalue weighted by Crippen LogP contribution is 2.42.